The van der Waals surface area contributed by atoms with Crippen molar-refractivity contribution in [2.45, 2.75) is 26.3 Å². The Bertz CT molecular complexity index is 335. The summed E-state index contributed by atoms with van der Waals surface area (Å²) >= 11 is 0. The number of nitrogens with one attached hydrogen (secondary N) is 1. The van der Waals surface area contributed by atoms with Crippen molar-refractivity contribution in [2.24, 2.45) is 0 Å². The van der Waals surface area contributed by atoms with Crippen LogP contribution in [-0.2, 0) is 11.3 Å². The average Bonchev–Trinajstić information content (AvgIpc) is 2.36. The fraction of sp³-hybridized carbons (Fsp3) is 0.462. The van der Waals surface area contributed by atoms with Gasteiger partial charge in [-0.1, -0.05) is 12.1 Å². The molecular formula is C13H19NO3. The Kier molecular flexibility index (Phi) is 6.10. The molecule has 0 saturated heterocycles. The lowest BCUT2D eigenvalue weighted by atomic mass is 10.2. The molecule has 0 atom stereocenters. The van der Waals surface area contributed by atoms with E-state index < -0.39 is 0 Å². The minimum atomic E-state index is -0.0343. The number of aliphatic hydroxyl groups excluding tert-OH is 1. The van der Waals surface area contributed by atoms with E-state index in [0.29, 0.717) is 26.0 Å². The Morgan fingerprint density at radius 2 is 2.06 bits per heavy atom. The number of rotatable bonds is 7. The Hall–Kier alpha value is -1.55. The molecule has 0 aliphatic carbocycles. The van der Waals surface area contributed by atoms with Gasteiger partial charge in [-0.2, -0.15) is 0 Å². The highest BCUT2D eigenvalue weighted by molar-refractivity contribution is 5.75. The third-order valence-corrected chi connectivity index (χ3v) is 2.29. The summed E-state index contributed by atoms with van der Waals surface area (Å²) in [6.45, 7) is 3.15. The van der Waals surface area contributed by atoms with Crippen molar-refractivity contribution in [3.05, 3.63) is 29.8 Å². The second kappa shape index (κ2) is 7.68. The summed E-state index contributed by atoms with van der Waals surface area (Å²) in [7, 11) is 0. The molecular weight excluding hydrogens is 218 g/mol. The number of benzene rings is 1. The van der Waals surface area contributed by atoms with Gasteiger partial charge < -0.3 is 15.2 Å². The van der Waals surface area contributed by atoms with Gasteiger partial charge in [0.05, 0.1) is 6.61 Å². The van der Waals surface area contributed by atoms with Crippen LogP contribution in [-0.4, -0.2) is 24.2 Å². The largest absolute Gasteiger partial charge is 0.494 e. The summed E-state index contributed by atoms with van der Waals surface area (Å²) in [6.07, 6.45) is 0.878. The van der Waals surface area contributed by atoms with Gasteiger partial charge in [-0.25, -0.2) is 0 Å². The fourth-order valence-electron chi connectivity index (χ4n) is 1.40. The van der Waals surface area contributed by atoms with Gasteiger partial charge in [0, 0.05) is 19.6 Å². The number of carbonyl (C=O) groups excluding carboxylic acids is 1. The van der Waals surface area contributed by atoms with Crippen molar-refractivity contribution in [1.82, 2.24) is 5.32 Å². The number of aliphatic hydroxyl groups is 1. The van der Waals surface area contributed by atoms with Crippen molar-refractivity contribution in [3.8, 4) is 5.75 Å². The van der Waals surface area contributed by atoms with Gasteiger partial charge >= 0.3 is 0 Å². The first kappa shape index (κ1) is 13.5. The van der Waals surface area contributed by atoms with E-state index in [1.54, 1.807) is 0 Å². The van der Waals surface area contributed by atoms with Gasteiger partial charge in [-0.05, 0) is 31.0 Å². The molecule has 0 radical (unpaired) electrons. The van der Waals surface area contributed by atoms with Gasteiger partial charge in [-0.3, -0.25) is 4.79 Å². The molecule has 0 aliphatic heterocycles. The van der Waals surface area contributed by atoms with Crippen LogP contribution in [0.4, 0.5) is 0 Å². The molecule has 94 valence electrons. The first-order valence-electron chi connectivity index (χ1n) is 5.85. The molecule has 0 aliphatic rings. The zero-order valence-electron chi connectivity index (χ0n) is 10.1. The Morgan fingerprint density at radius 3 is 2.65 bits per heavy atom. The highest BCUT2D eigenvalue weighted by atomic mass is 16.5. The van der Waals surface area contributed by atoms with E-state index in [-0.39, 0.29) is 12.5 Å². The van der Waals surface area contributed by atoms with E-state index in [1.165, 1.54) is 0 Å². The van der Waals surface area contributed by atoms with Gasteiger partial charge in [0.25, 0.3) is 0 Å². The molecule has 1 aromatic carbocycles. The Labute approximate surface area is 102 Å². The van der Waals surface area contributed by atoms with Gasteiger partial charge in [0.15, 0.2) is 0 Å². The Morgan fingerprint density at radius 1 is 1.35 bits per heavy atom. The highest BCUT2D eigenvalue weighted by Crippen LogP contribution is 2.11. The smallest absolute Gasteiger partial charge is 0.220 e. The first-order valence-corrected chi connectivity index (χ1v) is 5.85. The quantitative estimate of drug-likeness (QED) is 0.755. The molecule has 17 heavy (non-hydrogen) atoms. The van der Waals surface area contributed by atoms with Crippen LogP contribution in [0.15, 0.2) is 24.3 Å². The van der Waals surface area contributed by atoms with Crippen molar-refractivity contribution in [1.29, 1.82) is 0 Å². The molecule has 1 amide bonds. The third-order valence-electron chi connectivity index (χ3n) is 2.29. The lowest BCUT2D eigenvalue weighted by Gasteiger charge is -2.06. The van der Waals surface area contributed by atoms with E-state index in [4.69, 9.17) is 9.84 Å². The molecule has 0 saturated carbocycles. The molecule has 0 heterocycles. The SMILES string of the molecule is CCOc1ccc(CNC(=O)CCCO)cc1. The molecule has 0 unspecified atom stereocenters. The van der Waals surface area contributed by atoms with Crippen LogP contribution < -0.4 is 10.1 Å². The van der Waals surface area contributed by atoms with Crippen LogP contribution in [0.5, 0.6) is 5.75 Å². The average molecular weight is 237 g/mol. The maximum absolute atomic E-state index is 11.3. The summed E-state index contributed by atoms with van der Waals surface area (Å²) in [5.41, 5.74) is 1.03. The van der Waals surface area contributed by atoms with Crippen LogP contribution in [0.25, 0.3) is 0 Å². The molecule has 1 rings (SSSR count). The lowest BCUT2D eigenvalue weighted by molar-refractivity contribution is -0.121. The van der Waals surface area contributed by atoms with Crippen molar-refractivity contribution in [3.63, 3.8) is 0 Å². The predicted octanol–water partition coefficient (Wildman–Crippen LogP) is 1.47. The maximum atomic E-state index is 11.3. The standard InChI is InChI=1S/C13H19NO3/c1-2-17-12-7-5-11(6-8-12)10-14-13(16)4-3-9-15/h5-8,15H,2-4,9-10H2,1H3,(H,14,16). The third kappa shape index (κ3) is 5.36. The monoisotopic (exact) mass is 237 g/mol. The second-order valence-corrected chi connectivity index (χ2v) is 3.68. The van der Waals surface area contributed by atoms with E-state index >= 15 is 0 Å². The normalized spacial score (nSPS) is 10.0. The minimum Gasteiger partial charge on any atom is -0.494 e. The fourth-order valence-corrected chi connectivity index (χ4v) is 1.40. The topological polar surface area (TPSA) is 58.6 Å². The zero-order chi connectivity index (χ0) is 12.5. The van der Waals surface area contributed by atoms with Crippen LogP contribution >= 0.6 is 0 Å². The lowest BCUT2D eigenvalue weighted by Crippen LogP contribution is -2.22. The van der Waals surface area contributed by atoms with E-state index in [2.05, 4.69) is 5.32 Å². The number of amides is 1. The van der Waals surface area contributed by atoms with E-state index in [0.717, 1.165) is 11.3 Å². The predicted molar refractivity (Wildman–Crippen MR) is 65.8 cm³/mol. The summed E-state index contributed by atoms with van der Waals surface area (Å²) in [5, 5.41) is 11.4. The molecule has 0 aromatic heterocycles. The summed E-state index contributed by atoms with van der Waals surface area (Å²) in [5.74, 6) is 0.802. The maximum Gasteiger partial charge on any atom is 0.220 e. The highest BCUT2D eigenvalue weighted by Gasteiger charge is 2.00. The van der Waals surface area contributed by atoms with Crippen LogP contribution in [0, 0.1) is 0 Å². The minimum absolute atomic E-state index is 0.0343. The van der Waals surface area contributed by atoms with Gasteiger partial charge in [0.2, 0.25) is 5.91 Å². The number of hydrogen-bond donors (Lipinski definition) is 2. The van der Waals surface area contributed by atoms with Crippen molar-refractivity contribution in [2.75, 3.05) is 13.2 Å². The summed E-state index contributed by atoms with van der Waals surface area (Å²) < 4.78 is 5.32. The zero-order valence-corrected chi connectivity index (χ0v) is 10.1. The summed E-state index contributed by atoms with van der Waals surface area (Å²) in [4.78, 5) is 11.3. The molecule has 0 bridgehead atoms. The molecule has 0 spiro atoms. The van der Waals surface area contributed by atoms with Gasteiger partial charge in [0.1, 0.15) is 5.75 Å². The molecule has 4 nitrogen and oxygen atoms in total. The molecule has 0 fully saturated rings. The second-order valence-electron chi connectivity index (χ2n) is 3.68. The van der Waals surface area contributed by atoms with Crippen LogP contribution in [0.1, 0.15) is 25.3 Å². The number of hydrogen-bond acceptors (Lipinski definition) is 3. The van der Waals surface area contributed by atoms with Crippen LogP contribution in [0.3, 0.4) is 0 Å². The van der Waals surface area contributed by atoms with E-state index in [9.17, 15) is 4.79 Å². The molecule has 4 heteroatoms. The van der Waals surface area contributed by atoms with E-state index in [1.807, 2.05) is 31.2 Å². The number of ether oxygens (including phenoxy) is 1. The first-order chi connectivity index (χ1) is 8.26. The van der Waals surface area contributed by atoms with Gasteiger partial charge in [-0.15, -0.1) is 0 Å². The number of carbonyl (C=O) groups is 1. The van der Waals surface area contributed by atoms with Crippen LogP contribution in [0.2, 0.25) is 0 Å². The molecule has 1 aromatic rings. The molecule has 2 N–H and O–H groups in total. The van der Waals surface area contributed by atoms with Crippen molar-refractivity contribution >= 4 is 5.91 Å². The summed E-state index contributed by atoms with van der Waals surface area (Å²) in [6, 6.07) is 7.63. The van der Waals surface area contributed by atoms with Crippen molar-refractivity contribution < 1.29 is 14.6 Å². The Balaban J connectivity index is 2.34.